The molecule has 0 spiro atoms. The van der Waals surface area contributed by atoms with Crippen molar-refractivity contribution < 1.29 is 4.70 Å². The average Bonchev–Trinajstić information content (AvgIpc) is 2.68. The zero-order valence-corrected chi connectivity index (χ0v) is 11.9. The van der Waals surface area contributed by atoms with Crippen LogP contribution in [0.1, 0.15) is 71.6 Å². The van der Waals surface area contributed by atoms with E-state index in [9.17, 15) is 0 Å². The molecule has 1 aliphatic rings. The van der Waals surface area contributed by atoms with Crippen molar-refractivity contribution in [3.63, 3.8) is 0 Å². The molecule has 17 heavy (non-hydrogen) atoms. The average molecular weight is 245 g/mol. The fraction of sp³-hybridized carbons (Fsp3) is 1.00. The molecule has 1 fully saturated rings. The molecule has 104 valence electrons. The second-order valence-corrected chi connectivity index (χ2v) is 5.67. The summed E-state index contributed by atoms with van der Waals surface area (Å²) >= 11 is 0. The Morgan fingerprint density at radius 3 is 2.06 bits per heavy atom. The number of halogens is 1. The molecule has 0 bridgehead atoms. The summed E-state index contributed by atoms with van der Waals surface area (Å²) in [6.07, 6.45) is 13.0. The van der Waals surface area contributed by atoms with E-state index in [0.29, 0.717) is 0 Å². The highest BCUT2D eigenvalue weighted by Crippen LogP contribution is 2.16. The zero-order valence-electron chi connectivity index (χ0n) is 11.9. The fourth-order valence-electron chi connectivity index (χ4n) is 2.70. The Morgan fingerprint density at radius 2 is 1.53 bits per heavy atom. The monoisotopic (exact) mass is 245 g/mol. The van der Waals surface area contributed by atoms with E-state index in [4.69, 9.17) is 0 Å². The van der Waals surface area contributed by atoms with Gasteiger partial charge in [-0.15, -0.1) is 0 Å². The minimum atomic E-state index is 0. The summed E-state index contributed by atoms with van der Waals surface area (Å²) in [6, 6.07) is 0. The first-order valence-electron chi connectivity index (χ1n) is 7.55. The number of hydrogen-bond acceptors (Lipinski definition) is 1. The van der Waals surface area contributed by atoms with E-state index in [2.05, 4.69) is 18.7 Å². The van der Waals surface area contributed by atoms with Gasteiger partial charge < -0.3 is 4.90 Å². The number of rotatable bonds is 9. The van der Waals surface area contributed by atoms with Gasteiger partial charge in [-0.2, -0.15) is 0 Å². The molecule has 0 aliphatic carbocycles. The van der Waals surface area contributed by atoms with Crippen molar-refractivity contribution in [1.82, 2.24) is 4.90 Å². The van der Waals surface area contributed by atoms with E-state index in [1.165, 1.54) is 77.4 Å². The lowest BCUT2D eigenvalue weighted by atomic mass is 10.1. The summed E-state index contributed by atoms with van der Waals surface area (Å²) in [5.41, 5.74) is 0. The fourth-order valence-corrected chi connectivity index (χ4v) is 2.70. The minimum absolute atomic E-state index is 0. The summed E-state index contributed by atoms with van der Waals surface area (Å²) in [5, 5.41) is 0. The molecule has 1 aliphatic heterocycles. The molecule has 1 saturated heterocycles. The molecule has 1 heterocycles. The van der Waals surface area contributed by atoms with Gasteiger partial charge in [-0.05, 0) is 31.8 Å². The molecule has 0 amide bonds. The minimum Gasteiger partial charge on any atom is -0.303 e. The third kappa shape index (κ3) is 8.59. The highest BCUT2D eigenvalue weighted by Gasteiger charge is 2.17. The largest absolute Gasteiger partial charge is 0.303 e. The van der Waals surface area contributed by atoms with E-state index in [-0.39, 0.29) is 4.70 Å². The number of nitrogens with zero attached hydrogens (tertiary/aromatic N) is 1. The topological polar surface area (TPSA) is 3.24 Å². The molecular weight excluding hydrogens is 213 g/mol. The van der Waals surface area contributed by atoms with Crippen LogP contribution in [0.5, 0.6) is 0 Å². The quantitative estimate of drug-likeness (QED) is 0.536. The number of unbranched alkanes of at least 4 members (excludes halogenated alkanes) is 7. The van der Waals surface area contributed by atoms with Crippen LogP contribution < -0.4 is 0 Å². The first-order valence-corrected chi connectivity index (χ1v) is 7.55. The molecule has 2 heteroatoms. The Labute approximate surface area is 107 Å². The zero-order chi connectivity index (χ0) is 11.6. The van der Waals surface area contributed by atoms with Crippen LogP contribution in [0, 0.1) is 5.92 Å². The van der Waals surface area contributed by atoms with Crippen molar-refractivity contribution >= 4 is 0 Å². The van der Waals surface area contributed by atoms with Gasteiger partial charge in [0.25, 0.3) is 0 Å². The van der Waals surface area contributed by atoms with Crippen molar-refractivity contribution in [3.05, 3.63) is 0 Å². The predicted octanol–water partition coefficient (Wildman–Crippen LogP) is 4.62. The SMILES string of the molecule is CCCCCCCCCCN1CCC(C)C1.F. The van der Waals surface area contributed by atoms with Crippen LogP contribution in [0.15, 0.2) is 0 Å². The van der Waals surface area contributed by atoms with E-state index in [1.807, 2.05) is 0 Å². The lowest BCUT2D eigenvalue weighted by molar-refractivity contribution is 0.317. The first kappa shape index (κ1) is 16.9. The second kappa shape index (κ2) is 11.0. The van der Waals surface area contributed by atoms with Crippen molar-refractivity contribution in [3.8, 4) is 0 Å². The molecule has 0 aromatic heterocycles. The molecule has 1 unspecified atom stereocenters. The lowest BCUT2D eigenvalue weighted by Crippen LogP contribution is -2.21. The molecule has 1 nitrogen and oxygen atoms in total. The molecule has 0 N–H and O–H groups in total. The van der Waals surface area contributed by atoms with Gasteiger partial charge >= 0.3 is 0 Å². The van der Waals surface area contributed by atoms with Gasteiger partial charge in [0.2, 0.25) is 0 Å². The Hall–Kier alpha value is -0.110. The van der Waals surface area contributed by atoms with Gasteiger partial charge in [-0.25, -0.2) is 0 Å². The first-order chi connectivity index (χ1) is 7.83. The maximum Gasteiger partial charge on any atom is 0.000750 e. The van der Waals surface area contributed by atoms with Gasteiger partial charge in [-0.1, -0.05) is 58.8 Å². The summed E-state index contributed by atoms with van der Waals surface area (Å²) < 4.78 is 0. The highest BCUT2D eigenvalue weighted by atomic mass is 19.0. The van der Waals surface area contributed by atoms with E-state index in [0.717, 1.165) is 5.92 Å². The molecule has 1 atom stereocenters. The van der Waals surface area contributed by atoms with Crippen molar-refractivity contribution in [2.45, 2.75) is 71.6 Å². The van der Waals surface area contributed by atoms with Gasteiger partial charge in [0, 0.05) is 6.54 Å². The third-order valence-corrected chi connectivity index (χ3v) is 3.84. The smallest absolute Gasteiger partial charge is 0.000750 e. The van der Waals surface area contributed by atoms with E-state index in [1.54, 1.807) is 0 Å². The molecule has 0 aromatic rings. The van der Waals surface area contributed by atoms with Crippen LogP contribution in [0.4, 0.5) is 4.70 Å². The number of likely N-dealkylation sites (tertiary alicyclic amines) is 1. The maximum absolute atomic E-state index is 2.65. The molecular formula is C15H32FN. The summed E-state index contributed by atoms with van der Waals surface area (Å²) in [4.78, 5) is 2.65. The van der Waals surface area contributed by atoms with Gasteiger partial charge in [0.05, 0.1) is 0 Å². The van der Waals surface area contributed by atoms with Crippen LogP contribution in [0.3, 0.4) is 0 Å². The number of hydrogen-bond donors (Lipinski definition) is 0. The Bertz CT molecular complexity index is 161. The van der Waals surface area contributed by atoms with Gasteiger partial charge in [-0.3, -0.25) is 4.70 Å². The second-order valence-electron chi connectivity index (χ2n) is 5.67. The highest BCUT2D eigenvalue weighted by molar-refractivity contribution is 4.71. The molecule has 0 radical (unpaired) electrons. The van der Waals surface area contributed by atoms with Crippen LogP contribution in [0.25, 0.3) is 0 Å². The Kier molecular flexibility index (Phi) is 10.9. The van der Waals surface area contributed by atoms with Crippen molar-refractivity contribution in [1.29, 1.82) is 0 Å². The van der Waals surface area contributed by atoms with Crippen molar-refractivity contribution in [2.24, 2.45) is 5.92 Å². The van der Waals surface area contributed by atoms with Crippen LogP contribution in [0.2, 0.25) is 0 Å². The van der Waals surface area contributed by atoms with Crippen molar-refractivity contribution in [2.75, 3.05) is 19.6 Å². The van der Waals surface area contributed by atoms with Gasteiger partial charge in [0.15, 0.2) is 0 Å². The van der Waals surface area contributed by atoms with Crippen LogP contribution >= 0.6 is 0 Å². The van der Waals surface area contributed by atoms with E-state index >= 15 is 0 Å². The Morgan fingerprint density at radius 1 is 0.941 bits per heavy atom. The maximum atomic E-state index is 2.65. The van der Waals surface area contributed by atoms with Gasteiger partial charge in [0.1, 0.15) is 0 Å². The predicted molar refractivity (Wildman–Crippen MR) is 75.3 cm³/mol. The summed E-state index contributed by atoms with van der Waals surface area (Å²) in [6.45, 7) is 8.75. The summed E-state index contributed by atoms with van der Waals surface area (Å²) in [5.74, 6) is 0.953. The Balaban J connectivity index is 0.00000256. The van der Waals surface area contributed by atoms with E-state index < -0.39 is 0 Å². The lowest BCUT2D eigenvalue weighted by Gasteiger charge is -2.14. The summed E-state index contributed by atoms with van der Waals surface area (Å²) in [7, 11) is 0. The normalized spacial score (nSPS) is 20.5. The standard InChI is InChI=1S/C15H31N.FH/c1-3-4-5-6-7-8-9-10-12-16-13-11-15(2)14-16;/h15H,3-14H2,1-2H3;1H. The van der Waals surface area contributed by atoms with Crippen LogP contribution in [-0.4, -0.2) is 24.5 Å². The molecule has 0 saturated carbocycles. The van der Waals surface area contributed by atoms with Crippen LogP contribution in [-0.2, 0) is 0 Å². The third-order valence-electron chi connectivity index (χ3n) is 3.84. The molecule has 1 rings (SSSR count). The molecule has 0 aromatic carbocycles.